The maximum atomic E-state index is 12.2. The Morgan fingerprint density at radius 2 is 1.81 bits per heavy atom. The second-order valence-corrected chi connectivity index (χ2v) is 9.52. The minimum atomic E-state index is -0.454. The van der Waals surface area contributed by atoms with Crippen molar-refractivity contribution in [1.29, 1.82) is 0 Å². The van der Waals surface area contributed by atoms with Gasteiger partial charge in [0.1, 0.15) is 5.60 Å². The predicted molar refractivity (Wildman–Crippen MR) is 138 cm³/mol. The number of aliphatic imine (C=N–C) groups is 1. The highest BCUT2D eigenvalue weighted by Gasteiger charge is 2.26. The van der Waals surface area contributed by atoms with Crippen LogP contribution in [0.4, 0.5) is 4.79 Å². The highest BCUT2D eigenvalue weighted by Crippen LogP contribution is 2.19. The minimum Gasteiger partial charge on any atom is -0.444 e. The van der Waals surface area contributed by atoms with Crippen molar-refractivity contribution in [1.82, 2.24) is 20.0 Å². The number of piperazine rings is 1. The summed E-state index contributed by atoms with van der Waals surface area (Å²) in [4.78, 5) is 34.7. The smallest absolute Gasteiger partial charge is 0.410 e. The summed E-state index contributed by atoms with van der Waals surface area (Å²) < 4.78 is 5.46. The number of halogens is 1. The van der Waals surface area contributed by atoms with Gasteiger partial charge in [-0.05, 0) is 52.9 Å². The molecule has 10 heteroatoms. The number of nitrogens with two attached hydrogens (primary N) is 1. The van der Waals surface area contributed by atoms with Gasteiger partial charge in [-0.15, -0.1) is 24.0 Å². The van der Waals surface area contributed by atoms with Gasteiger partial charge in [0.15, 0.2) is 5.96 Å². The van der Waals surface area contributed by atoms with Crippen molar-refractivity contribution < 1.29 is 14.3 Å². The van der Waals surface area contributed by atoms with Gasteiger partial charge in [-0.25, -0.2) is 4.79 Å². The summed E-state index contributed by atoms with van der Waals surface area (Å²) in [6, 6.07) is 0. The standard InChI is InChI=1S/C22H42N6O3.HI/c1-5-24-20(28-11-6-8-18(17-28)16-19(23)29)25-9-7-10-26-12-14-27(15-13-26)21(30)31-22(2,3)4;/h18H,5-17H2,1-4H3,(H2,23,29)(H,24,25);1H. The summed E-state index contributed by atoms with van der Waals surface area (Å²) in [6.45, 7) is 15.2. The Morgan fingerprint density at radius 3 is 2.41 bits per heavy atom. The van der Waals surface area contributed by atoms with Crippen molar-refractivity contribution in [2.75, 3.05) is 58.9 Å². The van der Waals surface area contributed by atoms with E-state index in [1.165, 1.54) is 0 Å². The molecule has 186 valence electrons. The molecule has 2 rings (SSSR count). The third-order valence-corrected chi connectivity index (χ3v) is 5.56. The van der Waals surface area contributed by atoms with Crippen molar-refractivity contribution in [3.8, 4) is 0 Å². The normalized spacial score (nSPS) is 20.5. The zero-order valence-electron chi connectivity index (χ0n) is 20.3. The van der Waals surface area contributed by atoms with Crippen LogP contribution >= 0.6 is 24.0 Å². The van der Waals surface area contributed by atoms with Gasteiger partial charge in [-0.2, -0.15) is 0 Å². The third-order valence-electron chi connectivity index (χ3n) is 5.56. The molecule has 2 amide bonds. The average Bonchev–Trinajstić information content (AvgIpc) is 2.69. The first-order valence-electron chi connectivity index (χ1n) is 11.7. The first-order valence-corrected chi connectivity index (χ1v) is 11.7. The van der Waals surface area contributed by atoms with Crippen LogP contribution in [-0.4, -0.2) is 97.2 Å². The molecule has 0 spiro atoms. The Labute approximate surface area is 210 Å². The van der Waals surface area contributed by atoms with Crippen LogP contribution < -0.4 is 11.1 Å². The summed E-state index contributed by atoms with van der Waals surface area (Å²) in [5, 5.41) is 3.39. The second-order valence-electron chi connectivity index (χ2n) is 9.52. The van der Waals surface area contributed by atoms with Gasteiger partial charge in [0.25, 0.3) is 0 Å². The van der Waals surface area contributed by atoms with E-state index in [1.54, 1.807) is 4.90 Å². The van der Waals surface area contributed by atoms with Crippen LogP contribution in [0, 0.1) is 5.92 Å². The van der Waals surface area contributed by atoms with Gasteiger partial charge in [-0.3, -0.25) is 14.7 Å². The number of nitrogens with one attached hydrogen (secondary N) is 1. The number of nitrogens with zero attached hydrogens (tertiary/aromatic N) is 4. The number of primary amides is 1. The van der Waals surface area contributed by atoms with Gasteiger partial charge in [-0.1, -0.05) is 0 Å². The molecule has 9 nitrogen and oxygen atoms in total. The van der Waals surface area contributed by atoms with E-state index in [0.29, 0.717) is 25.4 Å². The van der Waals surface area contributed by atoms with E-state index in [0.717, 1.165) is 71.0 Å². The van der Waals surface area contributed by atoms with Crippen LogP contribution in [-0.2, 0) is 9.53 Å². The van der Waals surface area contributed by atoms with Crippen molar-refractivity contribution in [3.05, 3.63) is 0 Å². The molecule has 32 heavy (non-hydrogen) atoms. The molecule has 2 fully saturated rings. The van der Waals surface area contributed by atoms with Crippen molar-refractivity contribution in [2.45, 2.75) is 59.0 Å². The first-order chi connectivity index (χ1) is 14.7. The van der Waals surface area contributed by atoms with Crippen LogP contribution in [0.15, 0.2) is 4.99 Å². The maximum absolute atomic E-state index is 12.2. The number of carbonyl (C=O) groups excluding carboxylic acids is 2. The van der Waals surface area contributed by atoms with Crippen LogP contribution in [0.3, 0.4) is 0 Å². The first kappa shape index (κ1) is 28.7. The monoisotopic (exact) mass is 566 g/mol. The van der Waals surface area contributed by atoms with E-state index >= 15 is 0 Å². The van der Waals surface area contributed by atoms with Crippen LogP contribution in [0.25, 0.3) is 0 Å². The Kier molecular flexibility index (Phi) is 12.6. The average molecular weight is 567 g/mol. The molecule has 0 aromatic carbocycles. The second kappa shape index (κ2) is 14.1. The van der Waals surface area contributed by atoms with Crippen LogP contribution in [0.5, 0.6) is 0 Å². The van der Waals surface area contributed by atoms with E-state index in [2.05, 4.69) is 22.0 Å². The van der Waals surface area contributed by atoms with Gasteiger partial charge in [0.2, 0.25) is 5.91 Å². The Balaban J connectivity index is 0.00000512. The number of hydrogen-bond donors (Lipinski definition) is 2. The van der Waals surface area contributed by atoms with Crippen molar-refractivity contribution >= 4 is 41.9 Å². The lowest BCUT2D eigenvalue weighted by atomic mass is 9.95. The maximum Gasteiger partial charge on any atom is 0.410 e. The molecule has 0 aromatic heterocycles. The fourth-order valence-electron chi connectivity index (χ4n) is 4.09. The SMILES string of the molecule is CCNC(=NCCCN1CCN(C(=O)OC(C)(C)C)CC1)N1CCCC(CC(N)=O)C1.I. The summed E-state index contributed by atoms with van der Waals surface area (Å²) in [5.74, 6) is 1.03. The van der Waals surface area contributed by atoms with E-state index in [-0.39, 0.29) is 36.0 Å². The number of ether oxygens (including phenoxy) is 1. The number of guanidine groups is 1. The molecule has 2 heterocycles. The Morgan fingerprint density at radius 1 is 1.12 bits per heavy atom. The number of hydrogen-bond acceptors (Lipinski definition) is 5. The van der Waals surface area contributed by atoms with Crippen LogP contribution in [0.1, 0.15) is 53.4 Å². The lowest BCUT2D eigenvalue weighted by molar-refractivity contribution is -0.119. The summed E-state index contributed by atoms with van der Waals surface area (Å²) >= 11 is 0. The number of carbonyl (C=O) groups is 2. The molecule has 0 radical (unpaired) electrons. The van der Waals surface area contributed by atoms with Crippen molar-refractivity contribution in [3.63, 3.8) is 0 Å². The number of amides is 2. The van der Waals surface area contributed by atoms with Gasteiger partial charge < -0.3 is 25.6 Å². The molecule has 1 atom stereocenters. The molecule has 0 aliphatic carbocycles. The molecule has 0 aromatic rings. The quantitative estimate of drug-likeness (QED) is 0.212. The third kappa shape index (κ3) is 10.5. The lowest BCUT2D eigenvalue weighted by Crippen LogP contribution is -2.50. The van der Waals surface area contributed by atoms with E-state index in [1.807, 2.05) is 20.8 Å². The lowest BCUT2D eigenvalue weighted by Gasteiger charge is -2.35. The fraction of sp³-hybridized carbons (Fsp3) is 0.864. The Hall–Kier alpha value is -1.30. The number of likely N-dealkylation sites (tertiary alicyclic amines) is 1. The van der Waals surface area contributed by atoms with E-state index < -0.39 is 5.60 Å². The van der Waals surface area contributed by atoms with Gasteiger partial charge >= 0.3 is 6.09 Å². The summed E-state index contributed by atoms with van der Waals surface area (Å²) in [6.07, 6.45) is 3.31. The fourth-order valence-corrected chi connectivity index (χ4v) is 4.09. The largest absolute Gasteiger partial charge is 0.444 e. The zero-order valence-corrected chi connectivity index (χ0v) is 22.6. The summed E-state index contributed by atoms with van der Waals surface area (Å²) in [5.41, 5.74) is 4.93. The molecular weight excluding hydrogens is 523 g/mol. The minimum absolute atomic E-state index is 0. The molecule has 0 bridgehead atoms. The molecule has 2 saturated heterocycles. The molecule has 2 aliphatic rings. The number of rotatable bonds is 7. The van der Waals surface area contributed by atoms with Gasteiger partial charge in [0, 0.05) is 65.3 Å². The molecule has 1 unspecified atom stereocenters. The number of piperidine rings is 1. The highest BCUT2D eigenvalue weighted by molar-refractivity contribution is 14.0. The van der Waals surface area contributed by atoms with E-state index in [9.17, 15) is 9.59 Å². The highest BCUT2D eigenvalue weighted by atomic mass is 127. The molecule has 2 aliphatic heterocycles. The topological polar surface area (TPSA) is 104 Å². The summed E-state index contributed by atoms with van der Waals surface area (Å²) in [7, 11) is 0. The molecule has 0 saturated carbocycles. The predicted octanol–water partition coefficient (Wildman–Crippen LogP) is 2.10. The van der Waals surface area contributed by atoms with Crippen molar-refractivity contribution in [2.24, 2.45) is 16.6 Å². The van der Waals surface area contributed by atoms with Crippen LogP contribution in [0.2, 0.25) is 0 Å². The van der Waals surface area contributed by atoms with E-state index in [4.69, 9.17) is 15.5 Å². The molecule has 3 N–H and O–H groups in total. The van der Waals surface area contributed by atoms with Gasteiger partial charge in [0.05, 0.1) is 0 Å². The Bertz CT molecular complexity index is 617. The zero-order chi connectivity index (χ0) is 22.9. The molecular formula is C22H43IN6O3.